The minimum absolute atomic E-state index is 1.20. The van der Waals surface area contributed by atoms with Crippen LogP contribution in [0.3, 0.4) is 0 Å². The van der Waals surface area contributed by atoms with Crippen molar-refractivity contribution in [2.24, 2.45) is 0 Å². The molecule has 0 aromatic heterocycles. The Hall–Kier alpha value is -8.06. The van der Waals surface area contributed by atoms with Crippen LogP contribution in [-0.2, 0) is 0 Å². The molecule has 0 atom stereocenters. The van der Waals surface area contributed by atoms with Gasteiger partial charge in [0, 0.05) is 0 Å². The highest BCUT2D eigenvalue weighted by molar-refractivity contribution is 6.22. The fourth-order valence-electron chi connectivity index (χ4n) is 10.1. The van der Waals surface area contributed by atoms with E-state index in [1.807, 2.05) is 0 Å². The van der Waals surface area contributed by atoms with Crippen molar-refractivity contribution in [3.8, 4) is 66.8 Å². The minimum atomic E-state index is 1.20. The summed E-state index contributed by atoms with van der Waals surface area (Å²) in [5, 5.41) is 12.5. The molecule has 0 aliphatic rings. The Morgan fingerprint density at radius 3 is 1.05 bits per heavy atom. The van der Waals surface area contributed by atoms with Crippen molar-refractivity contribution in [2.75, 3.05) is 0 Å². The Morgan fingerprint density at radius 2 is 0.516 bits per heavy atom. The van der Waals surface area contributed by atoms with Crippen LogP contribution in [0.4, 0.5) is 0 Å². The Bertz CT molecular complexity index is 3620. The van der Waals surface area contributed by atoms with E-state index in [-0.39, 0.29) is 0 Å². The quantitative estimate of drug-likeness (QED) is 0.147. The van der Waals surface area contributed by atoms with Crippen molar-refractivity contribution in [1.29, 1.82) is 0 Å². The van der Waals surface area contributed by atoms with E-state index in [0.29, 0.717) is 0 Å². The van der Waals surface area contributed by atoms with Gasteiger partial charge >= 0.3 is 0 Å². The van der Waals surface area contributed by atoms with E-state index >= 15 is 0 Å². The van der Waals surface area contributed by atoms with Crippen LogP contribution in [0.25, 0.3) is 121 Å². The van der Waals surface area contributed by atoms with E-state index in [1.54, 1.807) is 0 Å². The number of rotatable bonds is 6. The molecule has 12 aromatic carbocycles. The molecule has 0 nitrogen and oxygen atoms in total. The number of hydrogen-bond donors (Lipinski definition) is 0. The lowest BCUT2D eigenvalue weighted by Gasteiger charge is -2.20. The van der Waals surface area contributed by atoms with Gasteiger partial charge in [-0.2, -0.15) is 0 Å². The molecule has 12 aromatic rings. The second-order valence-electron chi connectivity index (χ2n) is 16.3. The minimum Gasteiger partial charge on any atom is -0.0622 e. The summed E-state index contributed by atoms with van der Waals surface area (Å²) in [6, 6.07) is 89.4. The average Bonchev–Trinajstić information content (AvgIpc) is 3.35. The summed E-state index contributed by atoms with van der Waals surface area (Å²) in [7, 11) is 0. The third-order valence-electron chi connectivity index (χ3n) is 12.8. The first-order valence-corrected chi connectivity index (χ1v) is 21.5. The van der Waals surface area contributed by atoms with Crippen LogP contribution < -0.4 is 0 Å². The second-order valence-corrected chi connectivity index (χ2v) is 16.3. The molecule has 12 rings (SSSR count). The van der Waals surface area contributed by atoms with Crippen LogP contribution in [-0.4, -0.2) is 0 Å². The lowest BCUT2D eigenvalue weighted by atomic mass is 9.83. The monoisotopic (exact) mass is 784 g/mol. The Labute approximate surface area is 361 Å². The lowest BCUT2D eigenvalue weighted by Crippen LogP contribution is -1.93. The zero-order valence-electron chi connectivity index (χ0n) is 34.1. The Kier molecular flexibility index (Phi) is 8.61. The summed E-state index contributed by atoms with van der Waals surface area (Å²) < 4.78 is 0. The summed E-state index contributed by atoms with van der Waals surface area (Å²) in [5.74, 6) is 0. The zero-order chi connectivity index (χ0) is 41.0. The maximum Gasteiger partial charge on any atom is -0.00206 e. The molecule has 0 aliphatic heterocycles. The zero-order valence-corrected chi connectivity index (χ0v) is 34.1. The van der Waals surface area contributed by atoms with Crippen LogP contribution in [0.1, 0.15) is 0 Å². The molecule has 0 fully saturated rings. The van der Waals surface area contributed by atoms with E-state index in [2.05, 4.69) is 243 Å². The molecule has 288 valence electrons. The molecule has 0 saturated heterocycles. The number of hydrogen-bond acceptors (Lipinski definition) is 0. The van der Waals surface area contributed by atoms with Gasteiger partial charge in [0.1, 0.15) is 0 Å². The van der Waals surface area contributed by atoms with Crippen LogP contribution in [0.5, 0.6) is 0 Å². The first-order valence-electron chi connectivity index (χ1n) is 21.5. The Morgan fingerprint density at radius 1 is 0.161 bits per heavy atom. The summed E-state index contributed by atoms with van der Waals surface area (Å²) in [5.41, 5.74) is 14.8. The van der Waals surface area contributed by atoms with Gasteiger partial charge in [-0.25, -0.2) is 0 Å². The third-order valence-corrected chi connectivity index (χ3v) is 12.8. The van der Waals surface area contributed by atoms with Gasteiger partial charge in [-0.1, -0.05) is 231 Å². The van der Waals surface area contributed by atoms with Crippen LogP contribution in [0.2, 0.25) is 0 Å². The third kappa shape index (κ3) is 5.92. The normalized spacial score (nSPS) is 11.5. The smallest absolute Gasteiger partial charge is 0.00206 e. The van der Waals surface area contributed by atoms with Crippen molar-refractivity contribution in [2.45, 2.75) is 0 Å². The highest BCUT2D eigenvalue weighted by Gasteiger charge is 2.20. The van der Waals surface area contributed by atoms with Crippen molar-refractivity contribution in [3.05, 3.63) is 243 Å². The van der Waals surface area contributed by atoms with Crippen LogP contribution >= 0.6 is 0 Å². The molecular weight excluding hydrogens is 745 g/mol. The number of fused-ring (bicyclic) bond motifs is 5. The first kappa shape index (κ1) is 35.8. The molecule has 0 aliphatic carbocycles. The van der Waals surface area contributed by atoms with E-state index in [9.17, 15) is 0 Å². The molecule has 0 N–H and O–H groups in total. The van der Waals surface area contributed by atoms with Crippen molar-refractivity contribution >= 4 is 53.9 Å². The predicted octanol–water partition coefficient (Wildman–Crippen LogP) is 17.5. The van der Waals surface area contributed by atoms with E-state index in [4.69, 9.17) is 0 Å². The predicted molar refractivity (Wildman–Crippen MR) is 267 cm³/mol. The summed E-state index contributed by atoms with van der Waals surface area (Å²) in [6.07, 6.45) is 0. The van der Waals surface area contributed by atoms with E-state index in [1.165, 1.54) is 121 Å². The molecule has 0 bridgehead atoms. The summed E-state index contributed by atoms with van der Waals surface area (Å²) >= 11 is 0. The SMILES string of the molecule is c1ccc(-c2c(-c3cccc(-c4c5ccccc5c(-c5cccc(-c6ccc7ccccc7c6-c6cccc7ccccc67)c5)c5ccccc45)c3)ccc3ccccc23)cc1. The number of benzene rings is 12. The summed E-state index contributed by atoms with van der Waals surface area (Å²) in [6.45, 7) is 0. The Balaban J connectivity index is 1.06. The van der Waals surface area contributed by atoms with Gasteiger partial charge in [0.05, 0.1) is 0 Å². The fourth-order valence-corrected chi connectivity index (χ4v) is 10.1. The maximum atomic E-state index is 2.41. The molecule has 0 amide bonds. The van der Waals surface area contributed by atoms with E-state index < -0.39 is 0 Å². The van der Waals surface area contributed by atoms with Crippen molar-refractivity contribution in [1.82, 2.24) is 0 Å². The van der Waals surface area contributed by atoms with Gasteiger partial charge in [0.2, 0.25) is 0 Å². The highest BCUT2D eigenvalue weighted by Crippen LogP contribution is 2.47. The van der Waals surface area contributed by atoms with Gasteiger partial charge in [-0.15, -0.1) is 0 Å². The second kappa shape index (κ2) is 14.9. The molecule has 62 heavy (non-hydrogen) atoms. The molecule has 0 unspecified atom stereocenters. The highest BCUT2D eigenvalue weighted by atomic mass is 14.2. The molecule has 0 spiro atoms. The summed E-state index contributed by atoms with van der Waals surface area (Å²) in [4.78, 5) is 0. The largest absolute Gasteiger partial charge is 0.0622 e. The average molecular weight is 785 g/mol. The van der Waals surface area contributed by atoms with Gasteiger partial charge in [-0.3, -0.25) is 0 Å². The van der Waals surface area contributed by atoms with Crippen LogP contribution in [0, 0.1) is 0 Å². The molecule has 0 radical (unpaired) electrons. The molecule has 0 saturated carbocycles. The van der Waals surface area contributed by atoms with E-state index in [0.717, 1.165) is 0 Å². The fraction of sp³-hybridized carbons (Fsp3) is 0. The maximum absolute atomic E-state index is 2.41. The lowest BCUT2D eigenvalue weighted by molar-refractivity contribution is 1.60. The van der Waals surface area contributed by atoms with Gasteiger partial charge in [0.15, 0.2) is 0 Å². The molecule has 0 heterocycles. The van der Waals surface area contributed by atoms with Crippen molar-refractivity contribution in [3.63, 3.8) is 0 Å². The molecule has 0 heteroatoms. The topological polar surface area (TPSA) is 0 Å². The van der Waals surface area contributed by atoms with Gasteiger partial charge in [-0.05, 0) is 133 Å². The van der Waals surface area contributed by atoms with Gasteiger partial charge < -0.3 is 0 Å². The first-order chi connectivity index (χ1) is 30.8. The van der Waals surface area contributed by atoms with Gasteiger partial charge in [0.25, 0.3) is 0 Å². The van der Waals surface area contributed by atoms with Crippen LogP contribution in [0.15, 0.2) is 243 Å². The van der Waals surface area contributed by atoms with Crippen molar-refractivity contribution < 1.29 is 0 Å². The molecular formula is C62H40. The standard InChI is InChI=1S/C62H40/c1-2-20-44(21-3-1)59-50-28-8-5-18-42(50)35-37-52(59)45-23-14-25-47(39-45)60-55-30-10-12-32-57(55)61(58-33-13-11-31-56(58)60)48-26-15-24-46(40-48)53-38-36-43-19-6-9-29-51(43)62(53)54-34-16-22-41-17-4-7-27-49(41)54/h1-40H.